The molecule has 3 aliphatic rings. The van der Waals surface area contributed by atoms with Gasteiger partial charge in [-0.15, -0.1) is 0 Å². The zero-order chi connectivity index (χ0) is 34.5. The van der Waals surface area contributed by atoms with E-state index in [1.165, 1.54) is 0 Å². The third kappa shape index (κ3) is 10.0. The van der Waals surface area contributed by atoms with Gasteiger partial charge in [0.25, 0.3) is 17.1 Å². The summed E-state index contributed by atoms with van der Waals surface area (Å²) in [5, 5.41) is 2.96. The molecule has 12 heteroatoms. The average Bonchev–Trinajstić information content (AvgIpc) is 3.59. The standard InChI is InChI=1S/C15H20N2O3.C13H15NO3.C8H7ClO2/c1-19-13-4-2-12(3-5-13)14(18)17-9-6-15(7-10-17)16-8-11-20-15;1-17-12-4-2-10(3-5-12)13(16)14-8-6-11(15)7-9-14;1-11-7-4-2-6(3-5-7)8(9)10/h2-5,16H,6-11H2,1H3;2-5H,6-9H2,1H3;2-5H,1H3. The van der Waals surface area contributed by atoms with Crippen LogP contribution in [0.4, 0.5) is 0 Å². The maximum absolute atomic E-state index is 12.4. The van der Waals surface area contributed by atoms with Crippen molar-refractivity contribution in [2.45, 2.75) is 31.4 Å². The van der Waals surface area contributed by atoms with Gasteiger partial charge in [-0.25, -0.2) is 0 Å². The fourth-order valence-corrected chi connectivity index (χ4v) is 5.61. The van der Waals surface area contributed by atoms with E-state index < -0.39 is 5.24 Å². The lowest BCUT2D eigenvalue weighted by Gasteiger charge is -2.38. The fraction of sp³-hybridized carbons (Fsp3) is 0.389. The zero-order valence-corrected chi connectivity index (χ0v) is 28.3. The molecule has 0 radical (unpaired) electrons. The molecule has 3 aromatic rings. The van der Waals surface area contributed by atoms with Crippen molar-refractivity contribution in [3.05, 3.63) is 89.5 Å². The predicted molar refractivity (Wildman–Crippen MR) is 181 cm³/mol. The number of nitrogens with zero attached hydrogens (tertiary/aromatic N) is 2. The van der Waals surface area contributed by atoms with Crippen LogP contribution in [0.2, 0.25) is 0 Å². The number of hydrogen-bond donors (Lipinski definition) is 1. The number of benzene rings is 3. The number of rotatable bonds is 6. The summed E-state index contributed by atoms with van der Waals surface area (Å²) in [7, 11) is 4.78. The first-order valence-corrected chi connectivity index (χ1v) is 16.2. The van der Waals surface area contributed by atoms with E-state index in [9.17, 15) is 19.2 Å². The van der Waals surface area contributed by atoms with E-state index >= 15 is 0 Å². The van der Waals surface area contributed by atoms with E-state index in [0.717, 1.165) is 50.6 Å². The van der Waals surface area contributed by atoms with Gasteiger partial charge >= 0.3 is 0 Å². The van der Waals surface area contributed by atoms with Gasteiger partial charge in [-0.1, -0.05) is 0 Å². The van der Waals surface area contributed by atoms with Gasteiger partial charge in [-0.3, -0.25) is 24.5 Å². The Morgan fingerprint density at radius 3 is 1.42 bits per heavy atom. The monoisotopic (exact) mass is 679 g/mol. The molecule has 1 N–H and O–H groups in total. The summed E-state index contributed by atoms with van der Waals surface area (Å²) < 4.78 is 20.8. The largest absolute Gasteiger partial charge is 0.497 e. The molecular formula is C36H42ClN3O8. The van der Waals surface area contributed by atoms with E-state index in [1.807, 2.05) is 29.2 Å². The van der Waals surface area contributed by atoms with Gasteiger partial charge in [0.1, 0.15) is 28.8 Å². The van der Waals surface area contributed by atoms with Crippen molar-refractivity contribution in [2.24, 2.45) is 0 Å². The molecule has 1 spiro atoms. The third-order valence-electron chi connectivity index (χ3n) is 8.39. The molecule has 3 fully saturated rings. The molecule has 0 bridgehead atoms. The highest BCUT2D eigenvalue weighted by Gasteiger charge is 2.39. The molecule has 0 unspecified atom stereocenters. The second-order valence-corrected chi connectivity index (χ2v) is 11.7. The summed E-state index contributed by atoms with van der Waals surface area (Å²) >= 11 is 5.22. The van der Waals surface area contributed by atoms with Crippen LogP contribution in [0.5, 0.6) is 17.2 Å². The Balaban J connectivity index is 0.000000170. The van der Waals surface area contributed by atoms with Crippen LogP contribution in [-0.2, 0) is 9.53 Å². The van der Waals surface area contributed by atoms with Gasteiger partial charge in [0.05, 0.1) is 27.9 Å². The summed E-state index contributed by atoms with van der Waals surface area (Å²) in [5.41, 5.74) is 1.64. The first-order valence-electron chi connectivity index (χ1n) is 15.8. The molecule has 0 atom stereocenters. The minimum atomic E-state index is -0.451. The first-order chi connectivity index (χ1) is 23.2. The molecule has 3 aromatic carbocycles. The van der Waals surface area contributed by atoms with Crippen molar-refractivity contribution in [1.29, 1.82) is 0 Å². The highest BCUT2D eigenvalue weighted by Crippen LogP contribution is 2.27. The summed E-state index contributed by atoms with van der Waals surface area (Å²) in [4.78, 5) is 49.8. The highest BCUT2D eigenvalue weighted by atomic mass is 35.5. The lowest BCUT2D eigenvalue weighted by Crippen LogP contribution is -2.52. The molecule has 48 heavy (non-hydrogen) atoms. The van der Waals surface area contributed by atoms with Crippen LogP contribution < -0.4 is 19.5 Å². The lowest BCUT2D eigenvalue weighted by molar-refractivity contribution is -0.120. The van der Waals surface area contributed by atoms with Crippen molar-refractivity contribution in [3.8, 4) is 17.2 Å². The van der Waals surface area contributed by atoms with E-state index in [0.29, 0.717) is 48.4 Å². The molecule has 11 nitrogen and oxygen atoms in total. The number of hydrogen-bond acceptors (Lipinski definition) is 9. The SMILES string of the molecule is COc1ccc(C(=O)Cl)cc1.COc1ccc(C(=O)N2CCC(=O)CC2)cc1.COc1ccc(C(=O)N2CCC3(CC2)NCCO3)cc1. The number of ketones is 1. The van der Waals surface area contributed by atoms with E-state index in [1.54, 1.807) is 74.8 Å². The van der Waals surface area contributed by atoms with Crippen LogP contribution in [0.25, 0.3) is 0 Å². The quantitative estimate of drug-likeness (QED) is 0.365. The van der Waals surface area contributed by atoms with Crippen molar-refractivity contribution >= 4 is 34.4 Å². The lowest BCUT2D eigenvalue weighted by atomic mass is 10.00. The number of amides is 2. The highest BCUT2D eigenvalue weighted by molar-refractivity contribution is 6.67. The maximum atomic E-state index is 12.4. The number of methoxy groups -OCH3 is 3. The van der Waals surface area contributed by atoms with Crippen molar-refractivity contribution in [1.82, 2.24) is 15.1 Å². The average molecular weight is 680 g/mol. The van der Waals surface area contributed by atoms with Crippen LogP contribution in [0.15, 0.2) is 72.8 Å². The minimum Gasteiger partial charge on any atom is -0.497 e. The summed E-state index contributed by atoms with van der Waals surface area (Å²) in [5.74, 6) is 2.52. The Labute approximate surface area is 286 Å². The normalized spacial score (nSPS) is 16.5. The van der Waals surface area contributed by atoms with Crippen LogP contribution in [0.3, 0.4) is 0 Å². The Morgan fingerprint density at radius 2 is 1.06 bits per heavy atom. The molecule has 3 saturated heterocycles. The summed E-state index contributed by atoms with van der Waals surface area (Å²) in [6.07, 6.45) is 2.66. The smallest absolute Gasteiger partial charge is 0.253 e. The molecule has 3 heterocycles. The molecule has 256 valence electrons. The minimum absolute atomic E-state index is 0.0137. The van der Waals surface area contributed by atoms with Crippen LogP contribution >= 0.6 is 11.6 Å². The topological polar surface area (TPSA) is 124 Å². The molecule has 6 rings (SSSR count). The number of Topliss-reactive ketones (excluding diaryl/α,β-unsaturated/α-hetero) is 1. The predicted octanol–water partition coefficient (Wildman–Crippen LogP) is 4.82. The second-order valence-electron chi connectivity index (χ2n) is 11.4. The number of piperidine rings is 2. The molecular weight excluding hydrogens is 638 g/mol. The number of ether oxygens (including phenoxy) is 4. The van der Waals surface area contributed by atoms with Gasteiger partial charge in [-0.05, 0) is 84.4 Å². The molecule has 3 aliphatic heterocycles. The van der Waals surface area contributed by atoms with Gasteiger partial charge in [0.15, 0.2) is 0 Å². The molecule has 0 aromatic heterocycles. The Morgan fingerprint density at radius 1 is 0.667 bits per heavy atom. The summed E-state index contributed by atoms with van der Waals surface area (Å²) in [6.45, 7) is 4.21. The van der Waals surface area contributed by atoms with E-state index in [2.05, 4.69) is 5.32 Å². The van der Waals surface area contributed by atoms with Crippen LogP contribution in [0, 0.1) is 0 Å². The molecule has 2 amide bonds. The van der Waals surface area contributed by atoms with Crippen molar-refractivity contribution in [2.75, 3.05) is 60.7 Å². The maximum Gasteiger partial charge on any atom is 0.253 e. The van der Waals surface area contributed by atoms with Crippen LogP contribution in [0.1, 0.15) is 56.8 Å². The third-order valence-corrected chi connectivity index (χ3v) is 8.60. The van der Waals surface area contributed by atoms with Gasteiger partial charge in [0, 0.05) is 75.1 Å². The Kier molecular flexibility index (Phi) is 13.4. The number of carbonyl (C=O) groups is 4. The van der Waals surface area contributed by atoms with E-state index in [-0.39, 0.29) is 23.3 Å². The summed E-state index contributed by atoms with van der Waals surface area (Å²) in [6, 6.07) is 20.9. The molecule has 0 aliphatic carbocycles. The van der Waals surface area contributed by atoms with Crippen molar-refractivity contribution in [3.63, 3.8) is 0 Å². The Bertz CT molecular complexity index is 1500. The first kappa shape index (κ1) is 36.4. The van der Waals surface area contributed by atoms with Gasteiger partial charge < -0.3 is 28.7 Å². The number of nitrogens with one attached hydrogen (secondary N) is 1. The number of halogens is 1. The van der Waals surface area contributed by atoms with Gasteiger partial charge in [-0.2, -0.15) is 0 Å². The van der Waals surface area contributed by atoms with Crippen LogP contribution in [-0.4, -0.2) is 99.0 Å². The van der Waals surface area contributed by atoms with Gasteiger partial charge in [0.2, 0.25) is 0 Å². The number of likely N-dealkylation sites (tertiary alicyclic amines) is 2. The second kappa shape index (κ2) is 17.6. The van der Waals surface area contributed by atoms with E-state index in [4.69, 9.17) is 30.5 Å². The molecule has 0 saturated carbocycles. The van der Waals surface area contributed by atoms with Crippen molar-refractivity contribution < 1.29 is 38.1 Å². The zero-order valence-electron chi connectivity index (χ0n) is 27.5. The fourth-order valence-electron chi connectivity index (χ4n) is 5.48. The Hall–Kier alpha value is -4.45. The number of carbonyl (C=O) groups excluding carboxylic acids is 4.